The third kappa shape index (κ3) is 8.75. The van der Waals surface area contributed by atoms with E-state index in [4.69, 9.17) is 16.2 Å². The van der Waals surface area contributed by atoms with Gasteiger partial charge in [0.15, 0.2) is 5.96 Å². The predicted octanol–water partition coefficient (Wildman–Crippen LogP) is -0.485. The minimum atomic E-state index is -1.24. The van der Waals surface area contributed by atoms with E-state index in [2.05, 4.69) is 26.3 Å². The number of benzene rings is 2. The largest absolute Gasteiger partial charge is 0.497 e. The number of nitrogens with zero attached hydrogens (tertiary/aromatic N) is 1. The van der Waals surface area contributed by atoms with Gasteiger partial charge in [-0.05, 0) is 42.0 Å². The zero-order valence-electron chi connectivity index (χ0n) is 18.0. The highest BCUT2D eigenvalue weighted by atomic mass is 16.5. The van der Waals surface area contributed by atoms with Gasteiger partial charge in [-0.25, -0.2) is 9.79 Å². The number of guanidine groups is 1. The molecule has 2 aromatic rings. The Bertz CT molecular complexity index is 974. The lowest BCUT2D eigenvalue weighted by molar-refractivity contribution is -0.127. The molecule has 12 heteroatoms. The lowest BCUT2D eigenvalue weighted by Crippen LogP contribution is -2.51. The van der Waals surface area contributed by atoms with Crippen LogP contribution in [-0.4, -0.2) is 55.2 Å². The van der Waals surface area contributed by atoms with Crippen molar-refractivity contribution in [1.82, 2.24) is 16.0 Å². The molecule has 0 bridgehead atoms. The number of nitrogens with one attached hydrogen (secondary N) is 4. The Hall–Kier alpha value is -4.32. The van der Waals surface area contributed by atoms with E-state index in [0.717, 1.165) is 5.56 Å². The highest BCUT2D eigenvalue weighted by molar-refractivity contribution is 5.94. The van der Waals surface area contributed by atoms with Crippen LogP contribution in [0.2, 0.25) is 0 Å². The molecule has 1 unspecified atom stereocenters. The molecule has 2 aromatic carbocycles. The van der Waals surface area contributed by atoms with Crippen LogP contribution in [0, 0.1) is 0 Å². The summed E-state index contributed by atoms with van der Waals surface area (Å²) in [4.78, 5) is 40.2. The number of hydrogen-bond acceptors (Lipinski definition) is 6. The standard InChI is InChI=1S/C21H27N7O5/c1-33-16-8-6-15(7-9-16)27-21(32)28-17(12-29)19(31)25-11-18(30)24-10-13-2-4-14(5-3-13)26-20(22)23/h2-9,17,29H,10-12H2,1H3,(H,24,30)(H,25,31)(H4,22,23,26)(H2,27,28,32). The van der Waals surface area contributed by atoms with E-state index in [1.54, 1.807) is 48.5 Å². The number of aliphatic imine (C=N–C) groups is 1. The number of aliphatic hydroxyl groups excluding tert-OH is 1. The average Bonchev–Trinajstić information content (AvgIpc) is 2.80. The topological polar surface area (TPSA) is 193 Å². The van der Waals surface area contributed by atoms with Crippen molar-refractivity contribution in [3.8, 4) is 5.75 Å². The molecule has 33 heavy (non-hydrogen) atoms. The van der Waals surface area contributed by atoms with E-state index < -0.39 is 30.5 Å². The van der Waals surface area contributed by atoms with Gasteiger partial charge in [0.05, 0.1) is 25.9 Å². The molecule has 2 rings (SSSR count). The van der Waals surface area contributed by atoms with Crippen LogP contribution < -0.4 is 37.5 Å². The molecule has 0 saturated carbocycles. The second-order valence-electron chi connectivity index (χ2n) is 6.76. The van der Waals surface area contributed by atoms with Gasteiger partial charge in [0.25, 0.3) is 0 Å². The minimum absolute atomic E-state index is 0.0549. The van der Waals surface area contributed by atoms with Crippen molar-refractivity contribution in [2.75, 3.05) is 25.6 Å². The van der Waals surface area contributed by atoms with Crippen molar-refractivity contribution in [3.63, 3.8) is 0 Å². The summed E-state index contributed by atoms with van der Waals surface area (Å²) in [6.45, 7) is -0.752. The fourth-order valence-electron chi connectivity index (χ4n) is 2.59. The van der Waals surface area contributed by atoms with Crippen molar-refractivity contribution in [1.29, 1.82) is 0 Å². The molecule has 0 aromatic heterocycles. The number of rotatable bonds is 10. The van der Waals surface area contributed by atoms with Crippen LogP contribution in [0.5, 0.6) is 5.75 Å². The van der Waals surface area contributed by atoms with E-state index in [-0.39, 0.29) is 19.0 Å². The van der Waals surface area contributed by atoms with Crippen molar-refractivity contribution >= 4 is 35.2 Å². The van der Waals surface area contributed by atoms with Gasteiger partial charge >= 0.3 is 6.03 Å². The summed E-state index contributed by atoms with van der Waals surface area (Å²) in [5, 5.41) is 19.3. The lowest BCUT2D eigenvalue weighted by atomic mass is 10.2. The fraction of sp³-hybridized carbons (Fsp3) is 0.238. The minimum Gasteiger partial charge on any atom is -0.497 e. The number of methoxy groups -OCH3 is 1. The summed E-state index contributed by atoms with van der Waals surface area (Å²) in [5.41, 5.74) is 12.5. The van der Waals surface area contributed by atoms with E-state index >= 15 is 0 Å². The number of carbonyl (C=O) groups is 3. The molecule has 0 saturated heterocycles. The van der Waals surface area contributed by atoms with Gasteiger partial charge in [-0.1, -0.05) is 12.1 Å². The van der Waals surface area contributed by atoms with Crippen LogP contribution >= 0.6 is 0 Å². The van der Waals surface area contributed by atoms with Gasteiger partial charge < -0.3 is 42.6 Å². The quantitative estimate of drug-likeness (QED) is 0.185. The Morgan fingerprint density at radius 2 is 1.70 bits per heavy atom. The van der Waals surface area contributed by atoms with Gasteiger partial charge in [0.2, 0.25) is 11.8 Å². The number of aliphatic hydroxyl groups is 1. The summed E-state index contributed by atoms with van der Waals surface area (Å²) in [6.07, 6.45) is 0. The van der Waals surface area contributed by atoms with Crippen molar-refractivity contribution in [2.24, 2.45) is 16.5 Å². The van der Waals surface area contributed by atoms with Crippen molar-refractivity contribution < 1.29 is 24.2 Å². The summed E-state index contributed by atoms with van der Waals surface area (Å²) in [5.74, 6) is -0.592. The Kier molecular flexibility index (Phi) is 9.46. The molecule has 0 heterocycles. The Balaban J connectivity index is 1.75. The summed E-state index contributed by atoms with van der Waals surface area (Å²) in [7, 11) is 1.52. The van der Waals surface area contributed by atoms with Gasteiger partial charge in [0.1, 0.15) is 11.8 Å². The van der Waals surface area contributed by atoms with Crippen LogP contribution in [0.25, 0.3) is 0 Å². The fourth-order valence-corrected chi connectivity index (χ4v) is 2.59. The number of hydrogen-bond donors (Lipinski definition) is 7. The number of urea groups is 1. The van der Waals surface area contributed by atoms with E-state index in [9.17, 15) is 19.5 Å². The Labute approximate surface area is 190 Å². The summed E-state index contributed by atoms with van der Waals surface area (Å²) in [6, 6.07) is 11.5. The smallest absolute Gasteiger partial charge is 0.319 e. The molecule has 0 aliphatic carbocycles. The number of anilines is 1. The number of amides is 4. The van der Waals surface area contributed by atoms with Gasteiger partial charge in [-0.2, -0.15) is 0 Å². The summed E-state index contributed by atoms with van der Waals surface area (Å²) >= 11 is 0. The highest BCUT2D eigenvalue weighted by Crippen LogP contribution is 2.15. The first kappa shape index (κ1) is 24.9. The van der Waals surface area contributed by atoms with Crippen molar-refractivity contribution in [3.05, 3.63) is 54.1 Å². The maximum Gasteiger partial charge on any atom is 0.319 e. The maximum absolute atomic E-state index is 12.2. The Morgan fingerprint density at radius 1 is 1.03 bits per heavy atom. The van der Waals surface area contributed by atoms with Crippen LogP contribution in [-0.2, 0) is 16.1 Å². The molecule has 12 nitrogen and oxygen atoms in total. The predicted molar refractivity (Wildman–Crippen MR) is 123 cm³/mol. The zero-order valence-corrected chi connectivity index (χ0v) is 18.0. The first-order valence-electron chi connectivity index (χ1n) is 9.86. The monoisotopic (exact) mass is 457 g/mol. The molecule has 0 radical (unpaired) electrons. The highest BCUT2D eigenvalue weighted by Gasteiger charge is 2.20. The molecule has 176 valence electrons. The molecule has 0 fully saturated rings. The Morgan fingerprint density at radius 3 is 2.27 bits per heavy atom. The zero-order chi connectivity index (χ0) is 24.2. The lowest BCUT2D eigenvalue weighted by Gasteiger charge is -2.16. The number of nitrogens with two attached hydrogens (primary N) is 2. The first-order chi connectivity index (χ1) is 15.8. The van der Waals surface area contributed by atoms with Gasteiger partial charge in [0, 0.05) is 12.2 Å². The normalized spacial score (nSPS) is 11.0. The average molecular weight is 457 g/mol. The van der Waals surface area contributed by atoms with E-state index in [1.807, 2.05) is 0 Å². The second kappa shape index (κ2) is 12.5. The van der Waals surface area contributed by atoms with Crippen LogP contribution in [0.3, 0.4) is 0 Å². The number of ether oxygens (including phenoxy) is 1. The van der Waals surface area contributed by atoms with Gasteiger partial charge in [-0.3, -0.25) is 9.59 Å². The summed E-state index contributed by atoms with van der Waals surface area (Å²) < 4.78 is 5.03. The molecule has 4 amide bonds. The third-order valence-corrected chi connectivity index (χ3v) is 4.26. The second-order valence-corrected chi connectivity index (χ2v) is 6.76. The van der Waals surface area contributed by atoms with Crippen molar-refractivity contribution in [2.45, 2.75) is 12.6 Å². The van der Waals surface area contributed by atoms with Crippen LogP contribution in [0.1, 0.15) is 5.56 Å². The molecular weight excluding hydrogens is 430 g/mol. The molecular formula is C21H27N7O5. The molecule has 1 atom stereocenters. The number of carbonyl (C=O) groups excluding carboxylic acids is 3. The third-order valence-electron chi connectivity index (χ3n) is 4.26. The first-order valence-corrected chi connectivity index (χ1v) is 9.86. The molecule has 0 aliphatic rings. The molecule has 0 spiro atoms. The maximum atomic E-state index is 12.2. The molecule has 0 aliphatic heterocycles. The SMILES string of the molecule is COc1ccc(NC(=O)NC(CO)C(=O)NCC(=O)NCc2ccc(N=C(N)N)cc2)cc1. The molecule has 9 N–H and O–H groups in total. The van der Waals surface area contributed by atoms with Crippen LogP contribution in [0.4, 0.5) is 16.2 Å². The van der Waals surface area contributed by atoms with Gasteiger partial charge in [-0.15, -0.1) is 0 Å². The van der Waals surface area contributed by atoms with E-state index in [0.29, 0.717) is 17.1 Å². The van der Waals surface area contributed by atoms with Crippen LogP contribution in [0.15, 0.2) is 53.5 Å². The van der Waals surface area contributed by atoms with E-state index in [1.165, 1.54) is 7.11 Å².